The molecule has 0 aromatic heterocycles. The molecule has 0 radical (unpaired) electrons. The SMILES string of the molecule is NC(=O)c1cccc(C2CC3CCC(C2)N3CC2=CNCN2Cc2ccccc2)c1. The van der Waals surface area contributed by atoms with Crippen molar-refractivity contribution in [2.75, 3.05) is 13.2 Å². The van der Waals surface area contributed by atoms with Crippen LogP contribution in [0.15, 0.2) is 66.5 Å². The van der Waals surface area contributed by atoms with Gasteiger partial charge in [-0.1, -0.05) is 42.5 Å². The lowest BCUT2D eigenvalue weighted by Crippen LogP contribution is -2.44. The van der Waals surface area contributed by atoms with Crippen LogP contribution in [0.4, 0.5) is 0 Å². The molecule has 156 valence electrons. The number of primary amides is 1. The van der Waals surface area contributed by atoms with Gasteiger partial charge in [0.25, 0.3) is 0 Å². The first-order valence-electron chi connectivity index (χ1n) is 11.0. The van der Waals surface area contributed by atoms with E-state index in [1.54, 1.807) is 0 Å². The average molecular weight is 403 g/mol. The molecule has 3 heterocycles. The molecule has 5 nitrogen and oxygen atoms in total. The molecule has 3 aliphatic heterocycles. The van der Waals surface area contributed by atoms with Gasteiger partial charge in [0.2, 0.25) is 5.91 Å². The van der Waals surface area contributed by atoms with Gasteiger partial charge in [-0.15, -0.1) is 0 Å². The van der Waals surface area contributed by atoms with Crippen molar-refractivity contribution in [1.29, 1.82) is 0 Å². The van der Waals surface area contributed by atoms with Gasteiger partial charge in [0, 0.05) is 42.6 Å². The molecule has 0 spiro atoms. The van der Waals surface area contributed by atoms with Crippen molar-refractivity contribution in [2.24, 2.45) is 5.73 Å². The maximum atomic E-state index is 11.6. The second-order valence-corrected chi connectivity index (χ2v) is 8.90. The average Bonchev–Trinajstić information content (AvgIpc) is 3.28. The molecule has 0 saturated carbocycles. The van der Waals surface area contributed by atoms with E-state index in [4.69, 9.17) is 5.73 Å². The number of nitrogens with two attached hydrogens (primary N) is 1. The van der Waals surface area contributed by atoms with Crippen molar-refractivity contribution in [3.05, 3.63) is 83.2 Å². The van der Waals surface area contributed by atoms with Crippen LogP contribution >= 0.6 is 0 Å². The number of carbonyl (C=O) groups excluding carboxylic acids is 1. The number of amides is 1. The third-order valence-corrected chi connectivity index (χ3v) is 7.04. The Balaban J connectivity index is 1.26. The number of carbonyl (C=O) groups is 1. The second kappa shape index (κ2) is 8.15. The smallest absolute Gasteiger partial charge is 0.248 e. The molecule has 2 bridgehead atoms. The minimum atomic E-state index is -0.337. The van der Waals surface area contributed by atoms with Gasteiger partial charge in [0.1, 0.15) is 0 Å². The summed E-state index contributed by atoms with van der Waals surface area (Å²) in [4.78, 5) is 16.8. The number of hydrogen-bond donors (Lipinski definition) is 2. The first-order chi connectivity index (χ1) is 14.7. The molecule has 5 rings (SSSR count). The molecule has 5 heteroatoms. The summed E-state index contributed by atoms with van der Waals surface area (Å²) in [6.45, 7) is 2.85. The molecule has 2 aromatic carbocycles. The lowest BCUT2D eigenvalue weighted by molar-refractivity contribution is 0.1000. The molecule has 1 amide bonds. The first-order valence-corrected chi connectivity index (χ1v) is 11.0. The van der Waals surface area contributed by atoms with Gasteiger partial charge in [-0.2, -0.15) is 0 Å². The molecule has 2 unspecified atom stereocenters. The van der Waals surface area contributed by atoms with Crippen molar-refractivity contribution >= 4 is 5.91 Å². The quantitative estimate of drug-likeness (QED) is 0.777. The fourth-order valence-electron chi connectivity index (χ4n) is 5.51. The Kier molecular flexibility index (Phi) is 5.21. The zero-order chi connectivity index (χ0) is 20.5. The van der Waals surface area contributed by atoms with Crippen LogP contribution in [0, 0.1) is 0 Å². The molecule has 3 aliphatic rings. The number of nitrogens with zero attached hydrogens (tertiary/aromatic N) is 2. The summed E-state index contributed by atoms with van der Waals surface area (Å²) in [5.74, 6) is 0.186. The zero-order valence-corrected chi connectivity index (χ0v) is 17.3. The number of fused-ring (bicyclic) bond motifs is 2. The number of rotatable bonds is 6. The van der Waals surface area contributed by atoms with Crippen LogP contribution in [0.2, 0.25) is 0 Å². The number of nitrogens with one attached hydrogen (secondary N) is 1. The normalized spacial score (nSPS) is 25.8. The van der Waals surface area contributed by atoms with Crippen LogP contribution in [0.25, 0.3) is 0 Å². The van der Waals surface area contributed by atoms with Crippen LogP contribution in [-0.2, 0) is 6.54 Å². The highest BCUT2D eigenvalue weighted by Gasteiger charge is 2.41. The Bertz CT molecular complexity index is 927. The third-order valence-electron chi connectivity index (χ3n) is 7.04. The molecule has 2 atom stereocenters. The van der Waals surface area contributed by atoms with E-state index in [0.29, 0.717) is 23.6 Å². The van der Waals surface area contributed by atoms with E-state index in [1.807, 2.05) is 18.2 Å². The van der Waals surface area contributed by atoms with Gasteiger partial charge < -0.3 is 16.0 Å². The summed E-state index contributed by atoms with van der Waals surface area (Å²) in [7, 11) is 0. The first kappa shape index (κ1) is 19.2. The molecular formula is C25H30N4O. The standard InChI is InChI=1S/C25H30N4O/c26-25(30)20-8-4-7-19(11-20)21-12-22-9-10-23(13-21)29(22)16-24-14-27-17-28(24)15-18-5-2-1-3-6-18/h1-8,11,14,21-23,27H,9-10,12-13,15-17H2,(H2,26,30). The lowest BCUT2D eigenvalue weighted by Gasteiger charge is -2.40. The van der Waals surface area contributed by atoms with Crippen LogP contribution in [-0.4, -0.2) is 41.0 Å². The zero-order valence-electron chi connectivity index (χ0n) is 17.3. The van der Waals surface area contributed by atoms with Crippen LogP contribution in [0.1, 0.15) is 53.1 Å². The Labute approximate surface area is 178 Å². The van der Waals surface area contributed by atoms with E-state index >= 15 is 0 Å². The Morgan fingerprint density at radius 2 is 1.77 bits per heavy atom. The van der Waals surface area contributed by atoms with E-state index in [9.17, 15) is 4.79 Å². The molecule has 30 heavy (non-hydrogen) atoms. The van der Waals surface area contributed by atoms with Crippen molar-refractivity contribution in [1.82, 2.24) is 15.1 Å². The summed E-state index contributed by atoms with van der Waals surface area (Å²) in [6.07, 6.45) is 7.08. The second-order valence-electron chi connectivity index (χ2n) is 8.90. The largest absolute Gasteiger partial charge is 0.372 e. The van der Waals surface area contributed by atoms with Crippen molar-refractivity contribution in [3.8, 4) is 0 Å². The lowest BCUT2D eigenvalue weighted by atomic mass is 9.84. The summed E-state index contributed by atoms with van der Waals surface area (Å²) >= 11 is 0. The molecule has 2 saturated heterocycles. The number of hydrogen-bond acceptors (Lipinski definition) is 4. The van der Waals surface area contributed by atoms with Crippen molar-refractivity contribution in [3.63, 3.8) is 0 Å². The predicted octanol–water partition coefficient (Wildman–Crippen LogP) is 3.40. The van der Waals surface area contributed by atoms with Crippen LogP contribution in [0.5, 0.6) is 0 Å². The van der Waals surface area contributed by atoms with Gasteiger partial charge in [0.05, 0.1) is 6.67 Å². The number of piperidine rings is 1. The molecule has 2 aromatic rings. The van der Waals surface area contributed by atoms with E-state index in [0.717, 1.165) is 32.6 Å². The molecular weight excluding hydrogens is 372 g/mol. The van der Waals surface area contributed by atoms with Gasteiger partial charge in [-0.05, 0) is 54.9 Å². The van der Waals surface area contributed by atoms with E-state index < -0.39 is 0 Å². The highest BCUT2D eigenvalue weighted by Crippen LogP contribution is 2.43. The summed E-state index contributed by atoms with van der Waals surface area (Å²) in [5, 5.41) is 3.43. The van der Waals surface area contributed by atoms with Crippen molar-refractivity contribution in [2.45, 2.75) is 50.2 Å². The van der Waals surface area contributed by atoms with Gasteiger partial charge in [0.15, 0.2) is 0 Å². The Hall–Kier alpha value is -2.79. The minimum Gasteiger partial charge on any atom is -0.372 e. The topological polar surface area (TPSA) is 61.6 Å². The fourth-order valence-corrected chi connectivity index (χ4v) is 5.51. The van der Waals surface area contributed by atoms with E-state index in [1.165, 1.54) is 29.7 Å². The Morgan fingerprint density at radius 3 is 2.50 bits per heavy atom. The van der Waals surface area contributed by atoms with E-state index in [2.05, 4.69) is 57.7 Å². The Morgan fingerprint density at radius 1 is 1.00 bits per heavy atom. The van der Waals surface area contributed by atoms with Crippen molar-refractivity contribution < 1.29 is 4.79 Å². The van der Waals surface area contributed by atoms with Crippen LogP contribution < -0.4 is 11.1 Å². The van der Waals surface area contributed by atoms with E-state index in [-0.39, 0.29) is 5.91 Å². The third kappa shape index (κ3) is 3.82. The maximum Gasteiger partial charge on any atom is 0.248 e. The van der Waals surface area contributed by atoms with Crippen LogP contribution in [0.3, 0.4) is 0 Å². The highest BCUT2D eigenvalue weighted by molar-refractivity contribution is 5.92. The fraction of sp³-hybridized carbons (Fsp3) is 0.400. The minimum absolute atomic E-state index is 0.337. The molecule has 0 aliphatic carbocycles. The summed E-state index contributed by atoms with van der Waals surface area (Å²) in [5.41, 5.74) is 10.1. The van der Waals surface area contributed by atoms with Gasteiger partial charge in [-0.3, -0.25) is 9.69 Å². The van der Waals surface area contributed by atoms with Gasteiger partial charge >= 0.3 is 0 Å². The molecule has 3 N–H and O–H groups in total. The highest BCUT2D eigenvalue weighted by atomic mass is 16.1. The maximum absolute atomic E-state index is 11.6. The monoisotopic (exact) mass is 402 g/mol. The summed E-state index contributed by atoms with van der Waals surface area (Å²) < 4.78 is 0. The predicted molar refractivity (Wildman–Crippen MR) is 119 cm³/mol. The summed E-state index contributed by atoms with van der Waals surface area (Å²) in [6, 6.07) is 19.9. The van der Waals surface area contributed by atoms with Gasteiger partial charge in [-0.25, -0.2) is 0 Å². The number of benzene rings is 2. The molecule has 2 fully saturated rings.